The summed E-state index contributed by atoms with van der Waals surface area (Å²) in [4.78, 5) is 13.4. The Balaban J connectivity index is 1.43. The van der Waals surface area contributed by atoms with E-state index in [2.05, 4.69) is 51.2 Å². The fourth-order valence-electron chi connectivity index (χ4n) is 9.70. The van der Waals surface area contributed by atoms with E-state index in [0.717, 1.165) is 37.0 Å². The van der Waals surface area contributed by atoms with E-state index in [1.54, 1.807) is 0 Å². The number of aliphatic hydroxyl groups is 2. The summed E-state index contributed by atoms with van der Waals surface area (Å²) < 4.78 is 0.215. The summed E-state index contributed by atoms with van der Waals surface area (Å²) in [6, 6.07) is 0. The number of hydrogen-bond donors (Lipinski definition) is 2. The summed E-state index contributed by atoms with van der Waals surface area (Å²) in [5.41, 5.74) is 0.763. The molecule has 5 rings (SSSR count). The summed E-state index contributed by atoms with van der Waals surface area (Å²) in [6.45, 7) is 9.66. The van der Waals surface area contributed by atoms with Crippen molar-refractivity contribution < 1.29 is 15.0 Å². The zero-order chi connectivity index (χ0) is 24.3. The van der Waals surface area contributed by atoms with E-state index in [9.17, 15) is 15.0 Å². The van der Waals surface area contributed by atoms with Crippen LogP contribution in [0.15, 0.2) is 0 Å². The van der Waals surface area contributed by atoms with Crippen molar-refractivity contribution in [2.45, 2.75) is 102 Å². The average Bonchev–Trinajstić information content (AvgIpc) is 3.40. The molecule has 3 nitrogen and oxygen atoms in total. The smallest absolute Gasteiger partial charge is 0.136 e. The molecule has 1 saturated heterocycles. The Morgan fingerprint density at radius 2 is 1.79 bits per heavy atom. The minimum absolute atomic E-state index is 0.0768. The number of fused-ring (bicyclic) bond motifs is 6. The molecule has 1 heterocycles. The molecule has 4 saturated carbocycles. The molecule has 10 atom stereocenters. The van der Waals surface area contributed by atoms with Gasteiger partial charge in [-0.25, -0.2) is 0 Å². The Morgan fingerprint density at radius 3 is 2.50 bits per heavy atom. The molecule has 2 N–H and O–H groups in total. The van der Waals surface area contributed by atoms with Crippen LogP contribution in [0.2, 0.25) is 0 Å². The standard InChI is InChI=1S/C29H48O3S2/c1-18(17-30)5-8-25(32)19(2)24-16-27(3)11-10-23-22(26(27)29(24)33-13-14-34-29)7-6-20-15-21(31)9-12-28(20,23)4/h18-24,26,30-31H,5-17H2,1-4H3/t18-,19-,20+,21+,22-,23+,24+,26+,27-,28+/m1/s1. The van der Waals surface area contributed by atoms with Crippen LogP contribution in [-0.4, -0.2) is 44.3 Å². The quantitative estimate of drug-likeness (QED) is 0.434. The van der Waals surface area contributed by atoms with Crippen LogP contribution in [-0.2, 0) is 4.79 Å². The molecule has 0 bridgehead atoms. The van der Waals surface area contributed by atoms with Gasteiger partial charge in [0.2, 0.25) is 0 Å². The number of hydrogen-bond acceptors (Lipinski definition) is 5. The van der Waals surface area contributed by atoms with Crippen molar-refractivity contribution in [1.29, 1.82) is 0 Å². The lowest BCUT2D eigenvalue weighted by Crippen LogP contribution is -2.56. The molecular weight excluding hydrogens is 460 g/mol. The van der Waals surface area contributed by atoms with E-state index in [4.69, 9.17) is 0 Å². The van der Waals surface area contributed by atoms with Gasteiger partial charge in [0.25, 0.3) is 0 Å². The minimum Gasteiger partial charge on any atom is -0.396 e. The number of aliphatic hydroxyl groups excluding tert-OH is 2. The maximum absolute atomic E-state index is 13.4. The summed E-state index contributed by atoms with van der Waals surface area (Å²) in [6.07, 6.45) is 11.1. The molecule has 34 heavy (non-hydrogen) atoms. The molecule has 0 aromatic heterocycles. The van der Waals surface area contributed by atoms with Gasteiger partial charge in [0, 0.05) is 30.5 Å². The van der Waals surface area contributed by atoms with Gasteiger partial charge in [0.05, 0.1) is 10.2 Å². The first-order chi connectivity index (χ1) is 16.1. The highest BCUT2D eigenvalue weighted by molar-refractivity contribution is 8.21. The highest BCUT2D eigenvalue weighted by Gasteiger charge is 2.69. The number of ketones is 1. The van der Waals surface area contributed by atoms with Crippen molar-refractivity contribution in [3.8, 4) is 0 Å². The molecule has 1 aliphatic heterocycles. The van der Waals surface area contributed by atoms with Crippen molar-refractivity contribution in [3.63, 3.8) is 0 Å². The van der Waals surface area contributed by atoms with Gasteiger partial charge < -0.3 is 10.2 Å². The SMILES string of the molecule is C[C@@H](CO)CCC(=O)[C@H](C)[C@@H]1C[C@@]2(C)CC[C@H]3[C@@H](CC[C@H]4C[C@@H](O)CC[C@@]43C)[C@@H]2C12SCCS2. The number of rotatable bonds is 6. The zero-order valence-corrected chi connectivity index (χ0v) is 23.6. The Bertz CT molecular complexity index is 766. The molecular formula is C29H48O3S2. The summed E-state index contributed by atoms with van der Waals surface area (Å²) in [5.74, 6) is 6.74. The van der Waals surface area contributed by atoms with Crippen LogP contribution in [0.5, 0.6) is 0 Å². The molecule has 194 valence electrons. The van der Waals surface area contributed by atoms with Crippen LogP contribution in [0, 0.1) is 52.3 Å². The average molecular weight is 509 g/mol. The molecule has 0 amide bonds. The van der Waals surface area contributed by atoms with Crippen molar-refractivity contribution in [1.82, 2.24) is 0 Å². The predicted molar refractivity (Wildman–Crippen MR) is 144 cm³/mol. The van der Waals surface area contributed by atoms with Gasteiger partial charge in [-0.15, -0.1) is 23.5 Å². The molecule has 0 aromatic carbocycles. The van der Waals surface area contributed by atoms with Crippen LogP contribution in [0.4, 0.5) is 0 Å². The first kappa shape index (κ1) is 25.9. The highest BCUT2D eigenvalue weighted by atomic mass is 32.2. The first-order valence-electron chi connectivity index (χ1n) is 14.2. The molecule has 5 heteroatoms. The van der Waals surface area contributed by atoms with E-state index in [-0.39, 0.29) is 28.6 Å². The van der Waals surface area contributed by atoms with E-state index < -0.39 is 0 Å². The number of carbonyl (C=O) groups excluding carboxylic acids is 1. The van der Waals surface area contributed by atoms with Crippen LogP contribution in [0.3, 0.4) is 0 Å². The minimum atomic E-state index is -0.0768. The zero-order valence-electron chi connectivity index (χ0n) is 21.9. The van der Waals surface area contributed by atoms with Gasteiger partial charge in [-0.3, -0.25) is 4.79 Å². The lowest BCUT2D eigenvalue weighted by atomic mass is 9.45. The number of Topliss-reactive ketones (excluding diaryl/α,β-unsaturated/α-hetero) is 1. The predicted octanol–water partition coefficient (Wildman–Crippen LogP) is 6.41. The van der Waals surface area contributed by atoms with Crippen molar-refractivity contribution in [2.24, 2.45) is 52.3 Å². The topological polar surface area (TPSA) is 57.5 Å². The normalized spacial score (nSPS) is 47.0. The van der Waals surface area contributed by atoms with E-state index in [1.807, 2.05) is 0 Å². The maximum atomic E-state index is 13.4. The van der Waals surface area contributed by atoms with Crippen molar-refractivity contribution in [2.75, 3.05) is 18.1 Å². The van der Waals surface area contributed by atoms with Crippen LogP contribution in [0.1, 0.15) is 91.9 Å². The third-order valence-corrected chi connectivity index (χ3v) is 15.4. The van der Waals surface area contributed by atoms with Gasteiger partial charge in [0.15, 0.2) is 0 Å². The summed E-state index contributed by atoms with van der Waals surface area (Å²) >= 11 is 4.47. The molecule has 5 aliphatic rings. The molecule has 0 radical (unpaired) electrons. The molecule has 5 fully saturated rings. The van der Waals surface area contributed by atoms with Gasteiger partial charge >= 0.3 is 0 Å². The lowest BCUT2D eigenvalue weighted by Gasteiger charge is -2.62. The van der Waals surface area contributed by atoms with Crippen molar-refractivity contribution >= 4 is 29.3 Å². The number of carbonyl (C=O) groups is 1. The Hall–Kier alpha value is 0.290. The first-order valence-corrected chi connectivity index (χ1v) is 16.2. The molecule has 1 spiro atoms. The van der Waals surface area contributed by atoms with E-state index in [1.165, 1.54) is 50.0 Å². The van der Waals surface area contributed by atoms with Gasteiger partial charge in [0.1, 0.15) is 5.78 Å². The third kappa shape index (κ3) is 4.06. The number of thioether (sulfide) groups is 2. The third-order valence-electron chi connectivity index (χ3n) is 11.6. The Morgan fingerprint density at radius 1 is 1.06 bits per heavy atom. The largest absolute Gasteiger partial charge is 0.396 e. The van der Waals surface area contributed by atoms with E-state index >= 15 is 0 Å². The summed E-state index contributed by atoms with van der Waals surface area (Å²) in [5, 5.41) is 19.8. The Labute approximate surface area is 216 Å². The highest BCUT2D eigenvalue weighted by Crippen LogP contribution is 2.76. The molecule has 0 aromatic rings. The van der Waals surface area contributed by atoms with E-state index in [0.29, 0.717) is 34.9 Å². The molecule has 4 aliphatic carbocycles. The van der Waals surface area contributed by atoms with Gasteiger partial charge in [-0.05, 0) is 104 Å². The maximum Gasteiger partial charge on any atom is 0.136 e. The van der Waals surface area contributed by atoms with Crippen LogP contribution >= 0.6 is 23.5 Å². The lowest BCUT2D eigenvalue weighted by molar-refractivity contribution is -0.124. The van der Waals surface area contributed by atoms with Crippen LogP contribution < -0.4 is 0 Å². The second-order valence-corrected chi connectivity index (χ2v) is 16.5. The van der Waals surface area contributed by atoms with Crippen molar-refractivity contribution in [3.05, 3.63) is 0 Å². The van der Waals surface area contributed by atoms with Gasteiger partial charge in [-0.1, -0.05) is 27.7 Å². The van der Waals surface area contributed by atoms with Crippen LogP contribution in [0.25, 0.3) is 0 Å². The second kappa shape index (κ2) is 9.55. The molecule has 0 unspecified atom stereocenters. The fraction of sp³-hybridized carbons (Fsp3) is 0.966. The second-order valence-electron chi connectivity index (χ2n) is 13.5. The Kier molecular flexibility index (Phi) is 7.28. The van der Waals surface area contributed by atoms with Gasteiger partial charge in [-0.2, -0.15) is 0 Å². The monoisotopic (exact) mass is 508 g/mol. The fourth-order valence-corrected chi connectivity index (χ4v) is 14.1. The summed E-state index contributed by atoms with van der Waals surface area (Å²) in [7, 11) is 0.